The first-order chi connectivity index (χ1) is 17.2. The lowest BCUT2D eigenvalue weighted by Gasteiger charge is -2.35. The van der Waals surface area contributed by atoms with Crippen molar-refractivity contribution in [3.63, 3.8) is 0 Å². The van der Waals surface area contributed by atoms with Crippen molar-refractivity contribution in [1.29, 1.82) is 0 Å². The van der Waals surface area contributed by atoms with Gasteiger partial charge < -0.3 is 15.3 Å². The number of Topliss-reactive ketones (excluding diaryl/α,β-unsaturated/α-hetero) is 1. The van der Waals surface area contributed by atoms with Crippen LogP contribution >= 0.6 is 11.8 Å². The Hall–Kier alpha value is -2.43. The van der Waals surface area contributed by atoms with Crippen LogP contribution in [0.1, 0.15) is 51.5 Å². The van der Waals surface area contributed by atoms with Gasteiger partial charge in [-0.1, -0.05) is 50.6 Å². The van der Waals surface area contributed by atoms with E-state index in [0.29, 0.717) is 25.0 Å². The number of carbonyl (C=O) groups excluding carboxylic acids is 3. The Morgan fingerprint density at radius 3 is 2.56 bits per heavy atom. The number of carbonyl (C=O) groups is 4. The number of thioether (sulfide) groups is 1. The van der Waals surface area contributed by atoms with Crippen LogP contribution in [0.25, 0.3) is 0 Å². The number of amides is 2. The van der Waals surface area contributed by atoms with Crippen molar-refractivity contribution < 1.29 is 29.1 Å². The normalized spacial score (nSPS) is 18.7. The van der Waals surface area contributed by atoms with Gasteiger partial charge in [0.15, 0.2) is 11.3 Å². The molecule has 1 aliphatic heterocycles. The molecule has 1 fully saturated rings. The Morgan fingerprint density at radius 2 is 2.00 bits per heavy atom. The van der Waals surface area contributed by atoms with Crippen LogP contribution in [0, 0.1) is 5.92 Å². The molecule has 1 aromatic carbocycles. The number of ketones is 1. The van der Waals surface area contributed by atoms with Crippen molar-refractivity contribution in [2.24, 2.45) is 5.92 Å². The summed E-state index contributed by atoms with van der Waals surface area (Å²) in [6.45, 7) is 3.97. The van der Waals surface area contributed by atoms with E-state index in [9.17, 15) is 24.3 Å². The highest BCUT2D eigenvalue weighted by Crippen LogP contribution is 2.22. The molecule has 1 saturated heterocycles. The number of carboxylic acids is 1. The van der Waals surface area contributed by atoms with Gasteiger partial charge in [0.25, 0.3) is 0 Å². The molecule has 3 N–H and O–H groups in total. The van der Waals surface area contributed by atoms with E-state index in [2.05, 4.69) is 10.8 Å². The van der Waals surface area contributed by atoms with Gasteiger partial charge in [0.2, 0.25) is 11.8 Å². The van der Waals surface area contributed by atoms with Crippen LogP contribution in [0.5, 0.6) is 0 Å². The van der Waals surface area contributed by atoms with Gasteiger partial charge in [-0.05, 0) is 42.8 Å². The van der Waals surface area contributed by atoms with Crippen molar-refractivity contribution in [3.8, 4) is 0 Å². The zero-order chi connectivity index (χ0) is 26.7. The van der Waals surface area contributed by atoms with Crippen molar-refractivity contribution >= 4 is 35.3 Å². The fourth-order valence-electron chi connectivity index (χ4n) is 4.28. The average molecular weight is 522 g/mol. The summed E-state index contributed by atoms with van der Waals surface area (Å²) in [5.41, 5.74) is 1.68. The van der Waals surface area contributed by atoms with Gasteiger partial charge in [-0.3, -0.25) is 19.2 Å². The molecule has 0 radical (unpaired) electrons. The van der Waals surface area contributed by atoms with Gasteiger partial charge in [0.1, 0.15) is 6.04 Å². The summed E-state index contributed by atoms with van der Waals surface area (Å²) in [6, 6.07) is 8.50. The Labute approximate surface area is 217 Å². The lowest BCUT2D eigenvalue weighted by molar-refractivity contribution is -0.162. The minimum Gasteiger partial charge on any atom is -0.479 e. The molecule has 2 amide bonds. The third-order valence-electron chi connectivity index (χ3n) is 6.95. The van der Waals surface area contributed by atoms with Gasteiger partial charge >= 0.3 is 5.97 Å². The number of aliphatic carboxylic acids is 1. The minimum atomic E-state index is -1.89. The molecule has 0 spiro atoms. The number of hydroxylamine groups is 1. The highest BCUT2D eigenvalue weighted by atomic mass is 32.2. The standard InChI is InChI=1S/C26H39N3O6S/c1-5-18(2)21(29(3)24(32)20-12-14-23(31)27-20)17-35-28-26(25(33)34,15-16-36-4)22(30)13-11-19-9-7-6-8-10-19/h6-10,18,20-21,28H,5,11-17H2,1-4H3,(H,27,31)(H,33,34)/t18-,20-,21+,26?/m0/s1. The second-order valence-electron chi connectivity index (χ2n) is 9.34. The second kappa shape index (κ2) is 14.3. The summed E-state index contributed by atoms with van der Waals surface area (Å²) in [5, 5.41) is 12.8. The van der Waals surface area contributed by atoms with Gasteiger partial charge in [-0.2, -0.15) is 17.2 Å². The van der Waals surface area contributed by atoms with Crippen LogP contribution in [0.3, 0.4) is 0 Å². The predicted molar refractivity (Wildman–Crippen MR) is 139 cm³/mol. The van der Waals surface area contributed by atoms with E-state index in [0.717, 1.165) is 12.0 Å². The highest BCUT2D eigenvalue weighted by molar-refractivity contribution is 7.98. The quantitative estimate of drug-likeness (QED) is 0.224. The van der Waals surface area contributed by atoms with Crippen molar-refractivity contribution in [2.75, 3.05) is 25.7 Å². The Morgan fingerprint density at radius 1 is 1.31 bits per heavy atom. The summed E-state index contributed by atoms with van der Waals surface area (Å²) in [5.74, 6) is -1.60. The Kier molecular flexibility index (Phi) is 11.9. The molecule has 0 aromatic heterocycles. The van der Waals surface area contributed by atoms with Gasteiger partial charge in [0, 0.05) is 19.9 Å². The molecular weight excluding hydrogens is 482 g/mol. The van der Waals surface area contributed by atoms with E-state index in [4.69, 9.17) is 4.84 Å². The molecule has 2 rings (SSSR count). The number of rotatable bonds is 16. The zero-order valence-electron chi connectivity index (χ0n) is 21.6. The fourth-order valence-corrected chi connectivity index (χ4v) is 4.79. The average Bonchev–Trinajstić information content (AvgIpc) is 3.32. The highest BCUT2D eigenvalue weighted by Gasteiger charge is 2.46. The van der Waals surface area contributed by atoms with E-state index in [-0.39, 0.29) is 43.2 Å². The van der Waals surface area contributed by atoms with Crippen molar-refractivity contribution in [2.45, 2.75) is 70.0 Å². The molecule has 36 heavy (non-hydrogen) atoms. The number of nitrogens with one attached hydrogen (secondary N) is 2. The number of hydrogen-bond donors (Lipinski definition) is 3. The summed E-state index contributed by atoms with van der Waals surface area (Å²) in [7, 11) is 1.66. The molecular formula is C26H39N3O6S. The summed E-state index contributed by atoms with van der Waals surface area (Å²) < 4.78 is 0. The summed E-state index contributed by atoms with van der Waals surface area (Å²) in [4.78, 5) is 57.5. The number of hydrogen-bond acceptors (Lipinski definition) is 7. The van der Waals surface area contributed by atoms with E-state index in [1.807, 2.05) is 50.4 Å². The maximum absolute atomic E-state index is 13.3. The maximum Gasteiger partial charge on any atom is 0.333 e. The minimum absolute atomic E-state index is 0.00181. The van der Waals surface area contributed by atoms with Crippen LogP contribution in [-0.4, -0.2) is 76.9 Å². The van der Waals surface area contributed by atoms with Crippen molar-refractivity contribution in [1.82, 2.24) is 15.7 Å². The molecule has 10 heteroatoms. The summed E-state index contributed by atoms with van der Waals surface area (Å²) in [6.07, 6.45) is 3.91. The maximum atomic E-state index is 13.3. The van der Waals surface area contributed by atoms with Gasteiger partial charge in [-0.15, -0.1) is 0 Å². The molecule has 0 bridgehead atoms. The smallest absolute Gasteiger partial charge is 0.333 e. The number of aryl methyl sites for hydroxylation is 1. The fraction of sp³-hybridized carbons (Fsp3) is 0.615. The molecule has 200 valence electrons. The molecule has 1 unspecified atom stereocenters. The lowest BCUT2D eigenvalue weighted by atomic mass is 9.88. The zero-order valence-corrected chi connectivity index (χ0v) is 22.4. The van der Waals surface area contributed by atoms with Crippen LogP contribution in [0.4, 0.5) is 0 Å². The van der Waals surface area contributed by atoms with Crippen LogP contribution < -0.4 is 10.8 Å². The van der Waals surface area contributed by atoms with Crippen LogP contribution in [0.2, 0.25) is 0 Å². The van der Waals surface area contributed by atoms with E-state index < -0.39 is 23.3 Å². The predicted octanol–water partition coefficient (Wildman–Crippen LogP) is 2.44. The second-order valence-corrected chi connectivity index (χ2v) is 10.3. The monoisotopic (exact) mass is 521 g/mol. The summed E-state index contributed by atoms with van der Waals surface area (Å²) >= 11 is 1.45. The lowest BCUT2D eigenvalue weighted by Crippen LogP contribution is -2.60. The van der Waals surface area contributed by atoms with E-state index in [1.165, 1.54) is 11.8 Å². The Balaban J connectivity index is 2.13. The first kappa shape index (κ1) is 29.8. The molecule has 9 nitrogen and oxygen atoms in total. The van der Waals surface area contributed by atoms with Crippen LogP contribution in [-0.2, 0) is 30.4 Å². The largest absolute Gasteiger partial charge is 0.479 e. The Bertz CT molecular complexity index is 899. The van der Waals surface area contributed by atoms with Crippen LogP contribution in [0.15, 0.2) is 30.3 Å². The van der Waals surface area contributed by atoms with E-state index in [1.54, 1.807) is 11.9 Å². The number of benzene rings is 1. The third-order valence-corrected chi connectivity index (χ3v) is 7.56. The molecule has 1 aliphatic rings. The first-order valence-electron chi connectivity index (χ1n) is 12.4. The SMILES string of the molecule is CC[C@H](C)[C@@H](CONC(CCSC)(C(=O)O)C(=O)CCc1ccccc1)N(C)C(=O)[C@@H]1CCC(=O)N1. The number of nitrogens with zero attached hydrogens (tertiary/aromatic N) is 1. The molecule has 1 heterocycles. The van der Waals surface area contributed by atoms with Crippen molar-refractivity contribution in [3.05, 3.63) is 35.9 Å². The molecule has 4 atom stereocenters. The molecule has 0 saturated carbocycles. The molecule has 0 aliphatic carbocycles. The van der Waals surface area contributed by atoms with E-state index >= 15 is 0 Å². The van der Waals surface area contributed by atoms with Gasteiger partial charge in [0.05, 0.1) is 12.6 Å². The number of likely N-dealkylation sites (N-methyl/N-ethyl adjacent to an activating group) is 1. The topological polar surface area (TPSA) is 125 Å². The molecule has 1 aromatic rings. The first-order valence-corrected chi connectivity index (χ1v) is 13.8. The van der Waals surface area contributed by atoms with Gasteiger partial charge in [-0.25, -0.2) is 4.79 Å². The number of carboxylic acid groups (broad SMARTS) is 1. The third kappa shape index (κ3) is 7.78.